The summed E-state index contributed by atoms with van der Waals surface area (Å²) in [6, 6.07) is 16.6. The van der Waals surface area contributed by atoms with Crippen LogP contribution in [-0.4, -0.2) is 18.0 Å². The van der Waals surface area contributed by atoms with Crippen molar-refractivity contribution in [3.63, 3.8) is 0 Å². The van der Waals surface area contributed by atoms with Crippen molar-refractivity contribution in [1.82, 2.24) is 4.90 Å². The molecule has 0 saturated heterocycles. The van der Waals surface area contributed by atoms with Gasteiger partial charge in [0.25, 0.3) is 0 Å². The van der Waals surface area contributed by atoms with Gasteiger partial charge in [0, 0.05) is 24.2 Å². The van der Waals surface area contributed by atoms with Gasteiger partial charge in [-0.1, -0.05) is 61.0 Å². The molecule has 0 aliphatic carbocycles. The van der Waals surface area contributed by atoms with Crippen molar-refractivity contribution < 1.29 is 0 Å². The molecule has 112 valence electrons. The Balaban J connectivity index is 2.26. The van der Waals surface area contributed by atoms with Gasteiger partial charge in [-0.25, -0.2) is 0 Å². The topological polar surface area (TPSA) is 29.3 Å². The van der Waals surface area contributed by atoms with E-state index >= 15 is 0 Å². The Morgan fingerprint density at radius 1 is 1.10 bits per heavy atom. The lowest BCUT2D eigenvalue weighted by Crippen LogP contribution is -2.33. The lowest BCUT2D eigenvalue weighted by Gasteiger charge is -2.31. The molecule has 0 aliphatic heterocycles. The number of hydrogen-bond acceptors (Lipinski definition) is 2. The van der Waals surface area contributed by atoms with Gasteiger partial charge < -0.3 is 5.73 Å². The predicted molar refractivity (Wildman–Crippen MR) is 90.5 cm³/mol. The molecule has 2 aromatic rings. The molecule has 1 unspecified atom stereocenters. The molecule has 0 fully saturated rings. The molecule has 0 aromatic heterocycles. The zero-order chi connectivity index (χ0) is 15.2. The molecule has 0 saturated carbocycles. The number of likely N-dealkylation sites (N-methyl/N-ethyl adjacent to an activating group) is 1. The van der Waals surface area contributed by atoms with Crippen LogP contribution in [0.2, 0.25) is 5.02 Å². The largest absolute Gasteiger partial charge is 0.329 e. The van der Waals surface area contributed by atoms with E-state index in [2.05, 4.69) is 49.1 Å². The monoisotopic (exact) mass is 302 g/mol. The van der Waals surface area contributed by atoms with E-state index < -0.39 is 0 Å². The van der Waals surface area contributed by atoms with Crippen molar-refractivity contribution in [3.05, 3.63) is 70.2 Å². The molecule has 2 nitrogen and oxygen atoms in total. The van der Waals surface area contributed by atoms with Crippen LogP contribution in [0.3, 0.4) is 0 Å². The van der Waals surface area contributed by atoms with Gasteiger partial charge in [0.05, 0.1) is 0 Å². The summed E-state index contributed by atoms with van der Waals surface area (Å²) in [4.78, 5) is 2.38. The van der Waals surface area contributed by atoms with Crippen LogP contribution in [0.15, 0.2) is 48.5 Å². The first-order valence-corrected chi connectivity index (χ1v) is 7.78. The molecule has 0 bridgehead atoms. The SMILES string of the molecule is CCN(Cc1ccccc1C)C(CN)c1ccccc1Cl. The smallest absolute Gasteiger partial charge is 0.0488 e. The fraction of sp³-hybridized carbons (Fsp3) is 0.333. The zero-order valence-corrected chi connectivity index (χ0v) is 13.5. The number of hydrogen-bond donors (Lipinski definition) is 1. The Morgan fingerprint density at radius 3 is 2.38 bits per heavy atom. The van der Waals surface area contributed by atoms with Crippen LogP contribution in [0.5, 0.6) is 0 Å². The van der Waals surface area contributed by atoms with Crippen LogP contribution in [0.1, 0.15) is 29.7 Å². The minimum Gasteiger partial charge on any atom is -0.329 e. The van der Waals surface area contributed by atoms with Crippen molar-refractivity contribution in [2.45, 2.75) is 26.4 Å². The lowest BCUT2D eigenvalue weighted by molar-refractivity contribution is 0.203. The molecule has 21 heavy (non-hydrogen) atoms. The van der Waals surface area contributed by atoms with E-state index in [1.807, 2.05) is 18.2 Å². The van der Waals surface area contributed by atoms with E-state index in [0.717, 1.165) is 23.7 Å². The molecule has 0 spiro atoms. The number of halogens is 1. The van der Waals surface area contributed by atoms with Gasteiger partial charge in [0.1, 0.15) is 0 Å². The Morgan fingerprint density at radius 2 is 1.76 bits per heavy atom. The average Bonchev–Trinajstić information content (AvgIpc) is 2.50. The van der Waals surface area contributed by atoms with Crippen molar-refractivity contribution in [2.24, 2.45) is 5.73 Å². The van der Waals surface area contributed by atoms with E-state index in [1.54, 1.807) is 0 Å². The van der Waals surface area contributed by atoms with Gasteiger partial charge in [0.15, 0.2) is 0 Å². The second-order valence-corrected chi connectivity index (χ2v) is 5.67. The summed E-state index contributed by atoms with van der Waals surface area (Å²) in [7, 11) is 0. The summed E-state index contributed by atoms with van der Waals surface area (Å²) < 4.78 is 0. The highest BCUT2D eigenvalue weighted by Gasteiger charge is 2.20. The van der Waals surface area contributed by atoms with Gasteiger partial charge in [-0.3, -0.25) is 4.90 Å². The summed E-state index contributed by atoms with van der Waals surface area (Å²) >= 11 is 6.35. The summed E-state index contributed by atoms with van der Waals surface area (Å²) in [6.07, 6.45) is 0. The van der Waals surface area contributed by atoms with Crippen molar-refractivity contribution in [2.75, 3.05) is 13.1 Å². The third-order valence-electron chi connectivity index (χ3n) is 3.97. The fourth-order valence-corrected chi connectivity index (χ4v) is 2.93. The lowest BCUT2D eigenvalue weighted by atomic mass is 10.0. The molecule has 2 aromatic carbocycles. The first kappa shape index (κ1) is 16.0. The van der Waals surface area contributed by atoms with Crippen molar-refractivity contribution in [1.29, 1.82) is 0 Å². The summed E-state index contributed by atoms with van der Waals surface area (Å²) in [5.41, 5.74) is 9.80. The molecule has 2 N–H and O–H groups in total. The van der Waals surface area contributed by atoms with Crippen LogP contribution in [0.4, 0.5) is 0 Å². The molecule has 0 amide bonds. The van der Waals surface area contributed by atoms with Crippen molar-refractivity contribution in [3.8, 4) is 0 Å². The molecule has 0 heterocycles. The molecular weight excluding hydrogens is 280 g/mol. The number of aryl methyl sites for hydroxylation is 1. The highest BCUT2D eigenvalue weighted by atomic mass is 35.5. The van der Waals surface area contributed by atoms with Crippen LogP contribution in [0.25, 0.3) is 0 Å². The van der Waals surface area contributed by atoms with Gasteiger partial charge in [-0.05, 0) is 36.2 Å². The third-order valence-corrected chi connectivity index (χ3v) is 4.31. The van der Waals surface area contributed by atoms with E-state index in [1.165, 1.54) is 11.1 Å². The standard InChI is InChI=1S/C18H23ClN2/c1-3-21(13-15-9-5-4-8-14(15)2)18(12-20)16-10-6-7-11-17(16)19/h4-11,18H,3,12-13,20H2,1-2H3. The Kier molecular flexibility index (Phi) is 5.80. The Bertz CT molecular complexity index is 583. The Labute approximate surface area is 132 Å². The van der Waals surface area contributed by atoms with Gasteiger partial charge in [0.2, 0.25) is 0 Å². The molecule has 0 aliphatic rings. The summed E-state index contributed by atoms with van der Waals surface area (Å²) in [6.45, 7) is 6.69. The number of nitrogens with two attached hydrogens (primary N) is 1. The van der Waals surface area contributed by atoms with E-state index in [4.69, 9.17) is 17.3 Å². The number of benzene rings is 2. The van der Waals surface area contributed by atoms with Gasteiger partial charge in [-0.2, -0.15) is 0 Å². The second kappa shape index (κ2) is 7.60. The fourth-order valence-electron chi connectivity index (χ4n) is 2.67. The van der Waals surface area contributed by atoms with Crippen LogP contribution in [0, 0.1) is 6.92 Å². The quantitative estimate of drug-likeness (QED) is 0.868. The molecule has 0 radical (unpaired) electrons. The minimum atomic E-state index is 0.142. The molecule has 3 heteroatoms. The predicted octanol–water partition coefficient (Wildman–Crippen LogP) is 4.17. The maximum Gasteiger partial charge on any atom is 0.0488 e. The third kappa shape index (κ3) is 3.85. The number of rotatable bonds is 6. The first-order chi connectivity index (χ1) is 10.2. The first-order valence-electron chi connectivity index (χ1n) is 7.40. The molecule has 1 atom stereocenters. The van der Waals surface area contributed by atoms with E-state index in [9.17, 15) is 0 Å². The van der Waals surface area contributed by atoms with Crippen LogP contribution in [-0.2, 0) is 6.54 Å². The molecular formula is C18H23ClN2. The maximum atomic E-state index is 6.35. The minimum absolute atomic E-state index is 0.142. The Hall–Kier alpha value is -1.35. The zero-order valence-electron chi connectivity index (χ0n) is 12.7. The van der Waals surface area contributed by atoms with Gasteiger partial charge >= 0.3 is 0 Å². The summed E-state index contributed by atoms with van der Waals surface area (Å²) in [5.74, 6) is 0. The molecule has 2 rings (SSSR count). The van der Waals surface area contributed by atoms with E-state index in [-0.39, 0.29) is 6.04 Å². The normalized spacial score (nSPS) is 12.6. The average molecular weight is 303 g/mol. The van der Waals surface area contributed by atoms with Crippen molar-refractivity contribution >= 4 is 11.6 Å². The second-order valence-electron chi connectivity index (χ2n) is 5.26. The van der Waals surface area contributed by atoms with Crippen LogP contribution < -0.4 is 5.73 Å². The van der Waals surface area contributed by atoms with Crippen LogP contribution >= 0.6 is 11.6 Å². The van der Waals surface area contributed by atoms with E-state index in [0.29, 0.717) is 6.54 Å². The number of nitrogens with zero attached hydrogens (tertiary/aromatic N) is 1. The highest BCUT2D eigenvalue weighted by Crippen LogP contribution is 2.28. The summed E-state index contributed by atoms with van der Waals surface area (Å²) in [5, 5.41) is 0.788. The van der Waals surface area contributed by atoms with Gasteiger partial charge in [-0.15, -0.1) is 0 Å². The maximum absolute atomic E-state index is 6.35. The highest BCUT2D eigenvalue weighted by molar-refractivity contribution is 6.31.